The van der Waals surface area contributed by atoms with E-state index in [1.807, 2.05) is 10.6 Å². The summed E-state index contributed by atoms with van der Waals surface area (Å²) < 4.78 is 18.9. The number of hydrogen-bond donors (Lipinski definition) is 1. The zero-order valence-electron chi connectivity index (χ0n) is 19.9. The number of nitroso groups, excluding NO2 is 1. The van der Waals surface area contributed by atoms with Crippen molar-refractivity contribution in [2.75, 3.05) is 58.4 Å². The lowest BCUT2D eigenvalue weighted by molar-refractivity contribution is 0.0330. The molecule has 188 valence electrons. The molecule has 0 spiro atoms. The molecule has 1 aromatic carbocycles. The van der Waals surface area contributed by atoms with Crippen molar-refractivity contribution in [3.8, 4) is 11.5 Å². The molecule has 2 aliphatic rings. The first-order chi connectivity index (χ1) is 17.7. The molecule has 12 nitrogen and oxygen atoms in total. The molecule has 0 bridgehead atoms. The number of nitrogens with one attached hydrogen (secondary N) is 1. The molecule has 1 atom stereocenters. The van der Waals surface area contributed by atoms with E-state index in [0.717, 1.165) is 24.3 Å². The first-order valence-corrected chi connectivity index (χ1v) is 11.8. The van der Waals surface area contributed by atoms with Gasteiger partial charge >= 0.3 is 0 Å². The summed E-state index contributed by atoms with van der Waals surface area (Å²) in [5.74, 6) is 1.18. The van der Waals surface area contributed by atoms with Gasteiger partial charge in [-0.1, -0.05) is 5.18 Å². The maximum atomic E-state index is 12.8. The number of ether oxygens (including phenoxy) is 3. The summed E-state index contributed by atoms with van der Waals surface area (Å²) in [6.45, 7) is 4.69. The lowest BCUT2D eigenvalue weighted by atomic mass is 10.2. The summed E-state index contributed by atoms with van der Waals surface area (Å²) in [5.41, 5.74) is 1.13. The number of benzene rings is 1. The van der Waals surface area contributed by atoms with Crippen LogP contribution < -0.4 is 20.4 Å². The van der Waals surface area contributed by atoms with Gasteiger partial charge in [-0.25, -0.2) is 4.98 Å². The van der Waals surface area contributed by atoms with E-state index in [-0.39, 0.29) is 12.2 Å². The quantitative estimate of drug-likeness (QED) is 0.463. The Hall–Kier alpha value is -3.90. The van der Waals surface area contributed by atoms with Crippen molar-refractivity contribution in [3.05, 3.63) is 52.7 Å². The van der Waals surface area contributed by atoms with Crippen LogP contribution in [-0.2, 0) is 11.3 Å². The fraction of sp³-hybridized carbons (Fsp3) is 0.417. The van der Waals surface area contributed by atoms with Crippen LogP contribution in [0.15, 0.2) is 46.8 Å². The van der Waals surface area contributed by atoms with E-state index in [2.05, 4.69) is 30.4 Å². The lowest BCUT2D eigenvalue weighted by Crippen LogP contribution is -2.41. The van der Waals surface area contributed by atoms with Gasteiger partial charge in [-0.2, -0.15) is 9.90 Å². The lowest BCUT2D eigenvalue weighted by Gasteiger charge is -2.28. The number of carbonyl (C=O) groups excluding carboxylic acids is 1. The molecule has 1 amide bonds. The molecule has 0 unspecified atom stereocenters. The van der Waals surface area contributed by atoms with Gasteiger partial charge in [0, 0.05) is 50.5 Å². The summed E-state index contributed by atoms with van der Waals surface area (Å²) >= 11 is 0. The number of amides is 1. The standard InChI is InChI=1S/C24H27N7O5/c1-34-21-19(36-15-17(29-33)14-30-9-11-35-12-10-30)5-4-18-20(21)27-24(31-8-7-26-22(18)31)28-23(32)16-3-2-6-25-13-16/h2-6,13,17,26H,7-12,14-15H2,1H3/t17-/m0/s1. The van der Waals surface area contributed by atoms with Crippen LogP contribution in [0.4, 0.5) is 5.82 Å². The van der Waals surface area contributed by atoms with E-state index in [4.69, 9.17) is 14.2 Å². The van der Waals surface area contributed by atoms with Crippen LogP contribution in [0.2, 0.25) is 0 Å². The normalized spacial score (nSPS) is 16.9. The molecule has 0 saturated carbocycles. The smallest absolute Gasteiger partial charge is 0.281 e. The number of pyridine rings is 1. The number of fused-ring (bicyclic) bond motifs is 3. The number of hydrogen-bond acceptors (Lipinski definition) is 10. The first-order valence-electron chi connectivity index (χ1n) is 11.8. The Kier molecular flexibility index (Phi) is 7.14. The molecule has 1 N–H and O–H groups in total. The molecule has 12 heteroatoms. The second-order valence-electron chi connectivity index (χ2n) is 8.47. The van der Waals surface area contributed by atoms with Crippen LogP contribution in [0.3, 0.4) is 0 Å². The molecule has 1 fully saturated rings. The van der Waals surface area contributed by atoms with E-state index in [0.29, 0.717) is 55.4 Å². The van der Waals surface area contributed by atoms with Crippen LogP contribution in [-0.4, -0.2) is 84.5 Å². The largest absolute Gasteiger partial charge is 0.491 e. The van der Waals surface area contributed by atoms with Crippen LogP contribution in [0.1, 0.15) is 10.4 Å². The highest BCUT2D eigenvalue weighted by Gasteiger charge is 2.23. The molecule has 2 aliphatic heterocycles. The number of nitrogens with zero attached hydrogens (tertiary/aromatic N) is 6. The van der Waals surface area contributed by atoms with Crippen LogP contribution in [0.25, 0.3) is 10.9 Å². The minimum atomic E-state index is -0.545. The fourth-order valence-corrected chi connectivity index (χ4v) is 4.37. The SMILES string of the molecule is COc1c(OC[C@H](CN2CCOCC2)N=O)ccc2c3n(c(=NC(=O)c4cccnc4)nc12)CCN3. The third-order valence-electron chi connectivity index (χ3n) is 6.17. The minimum absolute atomic E-state index is 0.0946. The second-order valence-corrected chi connectivity index (χ2v) is 8.47. The number of morpholine rings is 1. The van der Waals surface area contributed by atoms with Gasteiger partial charge in [0.15, 0.2) is 11.5 Å². The first kappa shape index (κ1) is 23.8. The highest BCUT2D eigenvalue weighted by molar-refractivity contribution is 5.96. The number of anilines is 1. The molecular weight excluding hydrogens is 466 g/mol. The Morgan fingerprint density at radius 1 is 1.25 bits per heavy atom. The topological polar surface area (TPSA) is 133 Å². The van der Waals surface area contributed by atoms with Crippen molar-refractivity contribution in [1.82, 2.24) is 19.4 Å². The van der Waals surface area contributed by atoms with Crippen molar-refractivity contribution in [2.45, 2.75) is 12.6 Å². The summed E-state index contributed by atoms with van der Waals surface area (Å²) in [5, 5.41) is 7.40. The molecule has 36 heavy (non-hydrogen) atoms. The number of aromatic nitrogens is 3. The maximum Gasteiger partial charge on any atom is 0.281 e. The van der Waals surface area contributed by atoms with Gasteiger partial charge in [-0.05, 0) is 24.3 Å². The van der Waals surface area contributed by atoms with Crippen molar-refractivity contribution in [1.29, 1.82) is 0 Å². The third-order valence-corrected chi connectivity index (χ3v) is 6.17. The summed E-state index contributed by atoms with van der Waals surface area (Å²) in [7, 11) is 1.53. The molecule has 1 saturated heterocycles. The maximum absolute atomic E-state index is 12.8. The highest BCUT2D eigenvalue weighted by Crippen LogP contribution is 2.37. The second kappa shape index (κ2) is 10.8. The average molecular weight is 494 g/mol. The summed E-state index contributed by atoms with van der Waals surface area (Å²) in [6.07, 6.45) is 3.07. The molecule has 5 rings (SSSR count). The Balaban J connectivity index is 1.47. The van der Waals surface area contributed by atoms with Gasteiger partial charge in [0.1, 0.15) is 24.0 Å². The Morgan fingerprint density at radius 2 is 2.11 bits per heavy atom. The molecule has 0 aliphatic carbocycles. The average Bonchev–Trinajstić information content (AvgIpc) is 3.42. The summed E-state index contributed by atoms with van der Waals surface area (Å²) in [4.78, 5) is 39.3. The Morgan fingerprint density at radius 3 is 2.86 bits per heavy atom. The van der Waals surface area contributed by atoms with E-state index >= 15 is 0 Å². The Bertz CT molecular complexity index is 1320. The van der Waals surface area contributed by atoms with Crippen LogP contribution in [0.5, 0.6) is 11.5 Å². The van der Waals surface area contributed by atoms with Crippen molar-refractivity contribution < 1.29 is 19.0 Å². The molecular formula is C24H27N7O5. The molecule has 0 radical (unpaired) electrons. The minimum Gasteiger partial charge on any atom is -0.491 e. The number of rotatable bonds is 8. The van der Waals surface area contributed by atoms with Gasteiger partial charge in [-0.15, -0.1) is 0 Å². The fourth-order valence-electron chi connectivity index (χ4n) is 4.37. The van der Waals surface area contributed by atoms with Gasteiger partial charge < -0.3 is 19.5 Å². The van der Waals surface area contributed by atoms with E-state index in [1.165, 1.54) is 13.3 Å². The Labute approximate surface area is 206 Å². The van der Waals surface area contributed by atoms with E-state index in [1.54, 1.807) is 24.4 Å². The van der Waals surface area contributed by atoms with Crippen molar-refractivity contribution in [3.63, 3.8) is 0 Å². The molecule has 4 heterocycles. The number of methoxy groups -OCH3 is 1. The predicted molar refractivity (Wildman–Crippen MR) is 131 cm³/mol. The van der Waals surface area contributed by atoms with Gasteiger partial charge in [-0.3, -0.25) is 19.2 Å². The zero-order chi connectivity index (χ0) is 24.9. The number of carbonyl (C=O) groups is 1. The van der Waals surface area contributed by atoms with Gasteiger partial charge in [0.2, 0.25) is 5.62 Å². The molecule has 3 aromatic rings. The predicted octanol–water partition coefficient (Wildman–Crippen LogP) is 1.45. The van der Waals surface area contributed by atoms with Gasteiger partial charge in [0.05, 0.1) is 25.9 Å². The van der Waals surface area contributed by atoms with E-state index < -0.39 is 11.9 Å². The third kappa shape index (κ3) is 4.90. The van der Waals surface area contributed by atoms with Crippen molar-refractivity contribution in [2.24, 2.45) is 10.2 Å². The van der Waals surface area contributed by atoms with Crippen LogP contribution >= 0.6 is 0 Å². The summed E-state index contributed by atoms with van der Waals surface area (Å²) in [6, 6.07) is 6.46. The van der Waals surface area contributed by atoms with Crippen molar-refractivity contribution >= 4 is 22.6 Å². The monoisotopic (exact) mass is 493 g/mol. The molecule has 2 aromatic heterocycles. The van der Waals surface area contributed by atoms with E-state index in [9.17, 15) is 9.70 Å². The van der Waals surface area contributed by atoms with Gasteiger partial charge in [0.25, 0.3) is 5.91 Å². The zero-order valence-corrected chi connectivity index (χ0v) is 19.9. The highest BCUT2D eigenvalue weighted by atomic mass is 16.5. The van der Waals surface area contributed by atoms with Crippen LogP contribution in [0, 0.1) is 4.91 Å².